The van der Waals surface area contributed by atoms with Crippen LogP contribution in [-0.4, -0.2) is 35.3 Å². The molecule has 0 amide bonds. The van der Waals surface area contributed by atoms with Gasteiger partial charge in [-0.05, 0) is 25.0 Å². The van der Waals surface area contributed by atoms with Gasteiger partial charge in [-0.15, -0.1) is 0 Å². The van der Waals surface area contributed by atoms with Gasteiger partial charge in [-0.25, -0.2) is 9.97 Å². The van der Waals surface area contributed by atoms with Crippen LogP contribution in [0.2, 0.25) is 5.15 Å². The van der Waals surface area contributed by atoms with Gasteiger partial charge >= 0.3 is 0 Å². The van der Waals surface area contributed by atoms with Crippen molar-refractivity contribution in [3.8, 4) is 11.5 Å². The fourth-order valence-electron chi connectivity index (χ4n) is 1.74. The Labute approximate surface area is 167 Å². The van der Waals surface area contributed by atoms with E-state index in [-0.39, 0.29) is 20.4 Å². The molecule has 2 rings (SSSR count). The SMILES string of the molecule is C=O.C=O.C=O.CCCCCc1cnc(-c2ccccn2)nc1Cl.[Re]. The Morgan fingerprint density at radius 2 is 1.64 bits per heavy atom. The summed E-state index contributed by atoms with van der Waals surface area (Å²) in [6.45, 7) is 8.18. The number of aryl methyl sites for hydroxylation is 1. The van der Waals surface area contributed by atoms with Gasteiger partial charge in [-0.1, -0.05) is 37.4 Å². The van der Waals surface area contributed by atoms with Crippen molar-refractivity contribution < 1.29 is 34.8 Å². The standard InChI is InChI=1S/C14H16ClN3.3CH2O.Re/c1-2-3-4-7-11-10-17-14(18-13(11)15)12-8-5-6-9-16-12;3*1-2;/h5-6,8-10H,2-4,7H2,1H3;3*1H2;. The van der Waals surface area contributed by atoms with Crippen LogP contribution in [0.15, 0.2) is 30.6 Å². The number of nitrogens with zero attached hydrogens (tertiary/aromatic N) is 3. The Balaban J connectivity index is -0.000000626. The van der Waals surface area contributed by atoms with Crippen LogP contribution in [0.5, 0.6) is 0 Å². The van der Waals surface area contributed by atoms with Crippen LogP contribution in [0, 0.1) is 0 Å². The van der Waals surface area contributed by atoms with Gasteiger partial charge in [0.25, 0.3) is 0 Å². The number of aromatic nitrogens is 3. The second-order valence-corrected chi connectivity index (χ2v) is 4.54. The van der Waals surface area contributed by atoms with E-state index in [1.165, 1.54) is 12.8 Å². The summed E-state index contributed by atoms with van der Waals surface area (Å²) < 4.78 is 0. The van der Waals surface area contributed by atoms with Crippen molar-refractivity contribution in [3.05, 3.63) is 41.3 Å². The first kappa shape index (κ1) is 28.0. The van der Waals surface area contributed by atoms with Crippen molar-refractivity contribution in [3.63, 3.8) is 0 Å². The predicted molar refractivity (Wildman–Crippen MR) is 94.9 cm³/mol. The number of rotatable bonds is 5. The Kier molecular flexibility index (Phi) is 22.7. The van der Waals surface area contributed by atoms with Crippen LogP contribution in [0.1, 0.15) is 31.7 Å². The average Bonchev–Trinajstić information content (AvgIpc) is 2.69. The van der Waals surface area contributed by atoms with E-state index < -0.39 is 0 Å². The van der Waals surface area contributed by atoms with Gasteiger partial charge in [0.15, 0.2) is 5.82 Å². The molecule has 0 bridgehead atoms. The summed E-state index contributed by atoms with van der Waals surface area (Å²) in [6.07, 6.45) is 8.01. The van der Waals surface area contributed by atoms with Gasteiger partial charge in [0.05, 0.1) is 0 Å². The van der Waals surface area contributed by atoms with Crippen molar-refractivity contribution in [2.75, 3.05) is 0 Å². The van der Waals surface area contributed by atoms with Crippen LogP contribution < -0.4 is 0 Å². The van der Waals surface area contributed by atoms with Crippen LogP contribution >= 0.6 is 11.6 Å². The number of halogens is 1. The van der Waals surface area contributed by atoms with Gasteiger partial charge in [0.2, 0.25) is 0 Å². The summed E-state index contributed by atoms with van der Waals surface area (Å²) >= 11 is 6.18. The molecule has 137 valence electrons. The number of pyridine rings is 1. The summed E-state index contributed by atoms with van der Waals surface area (Å²) in [5.41, 5.74) is 1.77. The third-order valence-corrected chi connectivity index (χ3v) is 3.08. The van der Waals surface area contributed by atoms with Crippen molar-refractivity contribution in [1.82, 2.24) is 15.0 Å². The molecule has 6 nitrogen and oxygen atoms in total. The number of carbonyl (C=O) groups is 3. The van der Waals surface area contributed by atoms with E-state index in [9.17, 15) is 0 Å². The molecule has 0 N–H and O–H groups in total. The summed E-state index contributed by atoms with van der Waals surface area (Å²) in [5, 5.41) is 0.543. The van der Waals surface area contributed by atoms with Gasteiger partial charge in [0, 0.05) is 38.4 Å². The quantitative estimate of drug-likeness (QED) is 0.429. The van der Waals surface area contributed by atoms with Crippen molar-refractivity contribution in [1.29, 1.82) is 0 Å². The molecule has 0 saturated carbocycles. The molecule has 0 fully saturated rings. The minimum Gasteiger partial charge on any atom is -0.307 e. The van der Waals surface area contributed by atoms with E-state index >= 15 is 0 Å². The molecule has 0 aliphatic rings. The first-order valence-corrected chi connectivity index (χ1v) is 7.48. The Bertz CT molecular complexity index is 557. The van der Waals surface area contributed by atoms with E-state index in [0.717, 1.165) is 24.1 Å². The molecule has 1 radical (unpaired) electrons. The zero-order valence-corrected chi connectivity index (χ0v) is 17.6. The maximum absolute atomic E-state index is 8.00. The van der Waals surface area contributed by atoms with E-state index in [0.29, 0.717) is 11.0 Å². The normalized spacial score (nSPS) is 8.08. The molecular weight excluding hydrogens is 516 g/mol. The third kappa shape index (κ3) is 11.4. The van der Waals surface area contributed by atoms with Crippen LogP contribution in [0.4, 0.5) is 0 Å². The van der Waals surface area contributed by atoms with Gasteiger partial charge in [-0.2, -0.15) is 0 Å². The van der Waals surface area contributed by atoms with Crippen LogP contribution in [0.25, 0.3) is 11.5 Å². The molecule has 2 heterocycles. The van der Waals surface area contributed by atoms with E-state index in [1.807, 2.05) is 44.8 Å². The molecule has 2 aromatic rings. The number of unbranched alkanes of at least 4 members (excludes halogenated alkanes) is 2. The Morgan fingerprint density at radius 3 is 2.12 bits per heavy atom. The van der Waals surface area contributed by atoms with Gasteiger partial charge in [0.1, 0.15) is 31.2 Å². The second-order valence-electron chi connectivity index (χ2n) is 4.18. The van der Waals surface area contributed by atoms with Gasteiger partial charge in [-0.3, -0.25) is 4.98 Å². The topological polar surface area (TPSA) is 89.9 Å². The fraction of sp³-hybridized carbons (Fsp3) is 0.294. The van der Waals surface area contributed by atoms with Crippen molar-refractivity contribution in [2.45, 2.75) is 32.6 Å². The summed E-state index contributed by atoms with van der Waals surface area (Å²) in [7, 11) is 0. The molecule has 0 saturated heterocycles. The number of hydrogen-bond donors (Lipinski definition) is 0. The average molecular weight is 538 g/mol. The molecule has 25 heavy (non-hydrogen) atoms. The van der Waals surface area contributed by atoms with E-state index in [2.05, 4.69) is 21.9 Å². The minimum atomic E-state index is 0. The summed E-state index contributed by atoms with van der Waals surface area (Å²) in [5.74, 6) is 0.583. The molecule has 0 aliphatic heterocycles. The van der Waals surface area contributed by atoms with Gasteiger partial charge < -0.3 is 14.4 Å². The first-order valence-electron chi connectivity index (χ1n) is 7.10. The Hall–Kier alpha value is -1.81. The number of carbonyl (C=O) groups excluding carboxylic acids is 3. The molecule has 0 unspecified atom stereocenters. The Morgan fingerprint density at radius 1 is 1.00 bits per heavy atom. The van der Waals surface area contributed by atoms with Crippen LogP contribution in [0.3, 0.4) is 0 Å². The minimum absolute atomic E-state index is 0. The number of hydrogen-bond acceptors (Lipinski definition) is 6. The molecule has 0 aromatic carbocycles. The van der Waals surface area contributed by atoms with E-state index in [4.69, 9.17) is 26.0 Å². The second kappa shape index (κ2) is 20.2. The van der Waals surface area contributed by atoms with E-state index in [1.54, 1.807) is 6.20 Å². The van der Waals surface area contributed by atoms with Crippen molar-refractivity contribution >= 4 is 32.0 Å². The monoisotopic (exact) mass is 538 g/mol. The predicted octanol–water partition coefficient (Wildman–Crippen LogP) is 3.37. The zero-order valence-electron chi connectivity index (χ0n) is 14.2. The third-order valence-electron chi connectivity index (χ3n) is 2.76. The molecule has 8 heteroatoms. The molecule has 0 spiro atoms. The first-order chi connectivity index (χ1) is 11.8. The summed E-state index contributed by atoms with van der Waals surface area (Å²) in [6, 6.07) is 5.65. The zero-order chi connectivity index (χ0) is 18.8. The van der Waals surface area contributed by atoms with Crippen LogP contribution in [-0.2, 0) is 41.2 Å². The largest absolute Gasteiger partial charge is 0.307 e. The smallest absolute Gasteiger partial charge is 0.179 e. The molecular formula is C17H22ClN3O3Re. The maximum Gasteiger partial charge on any atom is 0.179 e. The molecule has 0 atom stereocenters. The molecule has 0 aliphatic carbocycles. The molecule has 2 aromatic heterocycles. The van der Waals surface area contributed by atoms with Crippen molar-refractivity contribution in [2.24, 2.45) is 0 Å². The summed E-state index contributed by atoms with van der Waals surface area (Å²) in [4.78, 5) is 36.9. The fourth-order valence-corrected chi connectivity index (χ4v) is 1.96. The maximum atomic E-state index is 8.00.